The Hall–Kier alpha value is -2.94. The zero-order valence-electron chi connectivity index (χ0n) is 13.2. The van der Waals surface area contributed by atoms with E-state index in [1.165, 1.54) is 24.4 Å². The molecule has 132 valence electrons. The number of ether oxygens (including phenoxy) is 1. The predicted molar refractivity (Wildman–Crippen MR) is 88.8 cm³/mol. The Morgan fingerprint density at radius 3 is 2.64 bits per heavy atom. The fraction of sp³-hybridized carbons (Fsp3) is 0.267. The minimum absolute atomic E-state index is 0.0988. The molecule has 0 saturated carbocycles. The van der Waals surface area contributed by atoms with Crippen LogP contribution in [0.1, 0.15) is 12.5 Å². The highest BCUT2D eigenvalue weighted by atomic mass is 35.5. The predicted octanol–water partition coefficient (Wildman–Crippen LogP) is 1.18. The van der Waals surface area contributed by atoms with Crippen LogP contribution < -0.4 is 11.2 Å². The summed E-state index contributed by atoms with van der Waals surface area (Å²) in [6, 6.07) is 5.06. The third-order valence-electron chi connectivity index (χ3n) is 3.29. The van der Waals surface area contributed by atoms with Gasteiger partial charge in [-0.1, -0.05) is 17.7 Å². The van der Waals surface area contributed by atoms with Crippen LogP contribution in [0.3, 0.4) is 0 Å². The van der Waals surface area contributed by atoms with E-state index >= 15 is 0 Å². The van der Waals surface area contributed by atoms with Gasteiger partial charge in [0.25, 0.3) is 11.2 Å². The summed E-state index contributed by atoms with van der Waals surface area (Å²) in [6.07, 6.45) is 1.21. The quantitative estimate of drug-likeness (QED) is 0.430. The van der Waals surface area contributed by atoms with Gasteiger partial charge in [-0.2, -0.15) is 0 Å². The van der Waals surface area contributed by atoms with Crippen LogP contribution in [0.2, 0.25) is 5.02 Å². The standard InChI is InChI=1S/C15H14ClN3O6/c1-2-25-14(21)9-17-6-5-13(20)18(15(17)22)8-10-3-4-12(19(23)24)11(16)7-10/h3-7H,2,8-9H2,1H3. The molecular weight excluding hydrogens is 354 g/mol. The molecule has 0 amide bonds. The molecule has 0 radical (unpaired) electrons. The Kier molecular flexibility index (Phi) is 5.71. The number of nitrogens with zero attached hydrogens (tertiary/aromatic N) is 3. The van der Waals surface area contributed by atoms with Crippen LogP contribution in [0.15, 0.2) is 40.1 Å². The summed E-state index contributed by atoms with van der Waals surface area (Å²) < 4.78 is 6.72. The second-order valence-electron chi connectivity index (χ2n) is 5.00. The number of benzene rings is 1. The van der Waals surface area contributed by atoms with Crippen molar-refractivity contribution in [1.82, 2.24) is 9.13 Å². The van der Waals surface area contributed by atoms with Crippen LogP contribution in [0.4, 0.5) is 5.69 Å². The van der Waals surface area contributed by atoms with Gasteiger partial charge in [-0.15, -0.1) is 0 Å². The third kappa shape index (κ3) is 4.32. The van der Waals surface area contributed by atoms with Crippen molar-refractivity contribution in [3.63, 3.8) is 0 Å². The van der Waals surface area contributed by atoms with E-state index in [-0.39, 0.29) is 30.4 Å². The molecule has 1 heterocycles. The second kappa shape index (κ2) is 7.75. The van der Waals surface area contributed by atoms with Crippen molar-refractivity contribution in [3.8, 4) is 0 Å². The van der Waals surface area contributed by atoms with Crippen molar-refractivity contribution in [2.24, 2.45) is 0 Å². The van der Waals surface area contributed by atoms with Gasteiger partial charge in [-0.3, -0.25) is 28.8 Å². The fourth-order valence-corrected chi connectivity index (χ4v) is 2.42. The van der Waals surface area contributed by atoms with E-state index in [0.29, 0.717) is 5.56 Å². The van der Waals surface area contributed by atoms with Crippen LogP contribution in [-0.4, -0.2) is 26.6 Å². The van der Waals surface area contributed by atoms with Gasteiger partial charge in [0.15, 0.2) is 0 Å². The maximum atomic E-state index is 12.4. The third-order valence-corrected chi connectivity index (χ3v) is 3.60. The SMILES string of the molecule is CCOC(=O)Cn1ccc(=O)n(Cc2ccc([N+](=O)[O-])c(Cl)c2)c1=O. The molecular formula is C15H14ClN3O6. The molecule has 0 saturated heterocycles. The molecule has 0 aliphatic carbocycles. The molecule has 9 nitrogen and oxygen atoms in total. The summed E-state index contributed by atoms with van der Waals surface area (Å²) in [5, 5.41) is 10.7. The van der Waals surface area contributed by atoms with Gasteiger partial charge >= 0.3 is 11.7 Å². The first-order chi connectivity index (χ1) is 11.8. The number of hydrogen-bond acceptors (Lipinski definition) is 6. The first-order valence-corrected chi connectivity index (χ1v) is 7.60. The molecule has 1 aromatic carbocycles. The summed E-state index contributed by atoms with van der Waals surface area (Å²) in [4.78, 5) is 46.0. The summed E-state index contributed by atoms with van der Waals surface area (Å²) in [5.74, 6) is -0.604. The molecule has 10 heteroatoms. The van der Waals surface area contributed by atoms with Crippen LogP contribution in [0, 0.1) is 10.1 Å². The topological polar surface area (TPSA) is 113 Å². The molecule has 25 heavy (non-hydrogen) atoms. The van der Waals surface area contributed by atoms with E-state index in [1.54, 1.807) is 6.92 Å². The summed E-state index contributed by atoms with van der Waals surface area (Å²) in [6.45, 7) is 1.35. The number of esters is 1. The Balaban J connectivity index is 2.35. The molecule has 0 bridgehead atoms. The summed E-state index contributed by atoms with van der Waals surface area (Å²) in [5.41, 5.74) is -1.11. The first-order valence-electron chi connectivity index (χ1n) is 7.22. The highest BCUT2D eigenvalue weighted by Crippen LogP contribution is 2.24. The van der Waals surface area contributed by atoms with Gasteiger partial charge in [0.1, 0.15) is 11.6 Å². The van der Waals surface area contributed by atoms with E-state index < -0.39 is 22.1 Å². The van der Waals surface area contributed by atoms with Gasteiger partial charge in [0, 0.05) is 18.3 Å². The molecule has 0 aliphatic heterocycles. The van der Waals surface area contributed by atoms with Gasteiger partial charge in [0.05, 0.1) is 18.1 Å². The van der Waals surface area contributed by atoms with E-state index in [0.717, 1.165) is 15.2 Å². The average Bonchev–Trinajstić information content (AvgIpc) is 2.54. The van der Waals surface area contributed by atoms with E-state index in [1.807, 2.05) is 0 Å². The number of hydrogen-bond donors (Lipinski definition) is 0. The van der Waals surface area contributed by atoms with Crippen molar-refractivity contribution in [2.75, 3.05) is 6.61 Å². The van der Waals surface area contributed by atoms with Crippen LogP contribution in [0.5, 0.6) is 0 Å². The van der Waals surface area contributed by atoms with Gasteiger partial charge in [-0.25, -0.2) is 4.79 Å². The Morgan fingerprint density at radius 2 is 2.04 bits per heavy atom. The van der Waals surface area contributed by atoms with E-state index in [4.69, 9.17) is 16.3 Å². The normalized spacial score (nSPS) is 10.5. The molecule has 0 spiro atoms. The molecule has 0 aliphatic rings. The maximum Gasteiger partial charge on any atom is 0.331 e. The molecule has 0 unspecified atom stereocenters. The van der Waals surface area contributed by atoms with Gasteiger partial charge < -0.3 is 4.74 Å². The highest BCUT2D eigenvalue weighted by molar-refractivity contribution is 6.32. The number of halogens is 1. The Bertz CT molecular complexity index is 934. The Labute approximate surface area is 146 Å². The smallest absolute Gasteiger partial charge is 0.331 e. The maximum absolute atomic E-state index is 12.4. The number of nitro benzene ring substituents is 1. The van der Waals surface area contributed by atoms with E-state index in [9.17, 15) is 24.5 Å². The molecule has 0 N–H and O–H groups in total. The lowest BCUT2D eigenvalue weighted by atomic mass is 10.2. The van der Waals surface area contributed by atoms with Crippen LogP contribution in [-0.2, 0) is 22.6 Å². The van der Waals surface area contributed by atoms with Gasteiger partial charge in [-0.05, 0) is 18.6 Å². The zero-order chi connectivity index (χ0) is 18.6. The lowest BCUT2D eigenvalue weighted by Gasteiger charge is -2.10. The number of rotatable bonds is 6. The second-order valence-corrected chi connectivity index (χ2v) is 5.41. The largest absolute Gasteiger partial charge is 0.465 e. The molecule has 0 fully saturated rings. The monoisotopic (exact) mass is 367 g/mol. The minimum Gasteiger partial charge on any atom is -0.465 e. The average molecular weight is 368 g/mol. The number of nitro groups is 1. The molecule has 2 aromatic rings. The van der Waals surface area contributed by atoms with Crippen molar-refractivity contribution in [1.29, 1.82) is 0 Å². The van der Waals surface area contributed by atoms with Crippen LogP contribution in [0.25, 0.3) is 0 Å². The number of carbonyl (C=O) groups is 1. The number of aromatic nitrogens is 2. The minimum atomic E-state index is -0.699. The summed E-state index contributed by atoms with van der Waals surface area (Å²) in [7, 11) is 0. The van der Waals surface area contributed by atoms with E-state index in [2.05, 4.69) is 0 Å². The highest BCUT2D eigenvalue weighted by Gasteiger charge is 2.14. The molecule has 2 rings (SSSR count). The molecule has 1 aromatic heterocycles. The summed E-state index contributed by atoms with van der Waals surface area (Å²) >= 11 is 5.83. The first kappa shape index (κ1) is 18.4. The zero-order valence-corrected chi connectivity index (χ0v) is 13.9. The van der Waals surface area contributed by atoms with Crippen molar-refractivity contribution in [3.05, 3.63) is 72.0 Å². The van der Waals surface area contributed by atoms with Gasteiger partial charge in [0.2, 0.25) is 0 Å². The van der Waals surface area contributed by atoms with Crippen LogP contribution >= 0.6 is 11.6 Å². The Morgan fingerprint density at radius 1 is 1.32 bits per heavy atom. The lowest BCUT2D eigenvalue weighted by molar-refractivity contribution is -0.384. The van der Waals surface area contributed by atoms with Crippen molar-refractivity contribution < 1.29 is 14.5 Å². The fourth-order valence-electron chi connectivity index (χ4n) is 2.15. The molecule has 0 atom stereocenters. The number of carbonyl (C=O) groups excluding carboxylic acids is 1. The van der Waals surface area contributed by atoms with Crippen molar-refractivity contribution >= 4 is 23.3 Å². The van der Waals surface area contributed by atoms with Crippen molar-refractivity contribution in [2.45, 2.75) is 20.0 Å². The lowest BCUT2D eigenvalue weighted by Crippen LogP contribution is -2.40.